The fourth-order valence-electron chi connectivity index (χ4n) is 2.76. The van der Waals surface area contributed by atoms with E-state index in [0.717, 1.165) is 14.7 Å². The van der Waals surface area contributed by atoms with E-state index in [0.29, 0.717) is 36.0 Å². The molecule has 0 radical (unpaired) electrons. The Morgan fingerprint density at radius 2 is 1.83 bits per heavy atom. The lowest BCUT2D eigenvalue weighted by molar-refractivity contribution is 0.102. The van der Waals surface area contributed by atoms with E-state index in [1.807, 2.05) is 44.2 Å². The molecule has 0 saturated heterocycles. The van der Waals surface area contributed by atoms with Crippen LogP contribution in [0.2, 0.25) is 0 Å². The van der Waals surface area contributed by atoms with Crippen LogP contribution in [0.5, 0.6) is 11.5 Å². The minimum absolute atomic E-state index is 0.341. The first kappa shape index (κ1) is 21.1. The van der Waals surface area contributed by atoms with Gasteiger partial charge in [-0.25, -0.2) is 4.39 Å². The number of benzene rings is 3. The van der Waals surface area contributed by atoms with E-state index in [1.54, 1.807) is 18.2 Å². The predicted molar refractivity (Wildman–Crippen MR) is 120 cm³/mol. The van der Waals surface area contributed by atoms with Crippen molar-refractivity contribution < 1.29 is 18.7 Å². The highest BCUT2D eigenvalue weighted by Crippen LogP contribution is 2.35. The van der Waals surface area contributed by atoms with Crippen molar-refractivity contribution in [3.05, 3.63) is 86.7 Å². The van der Waals surface area contributed by atoms with Crippen LogP contribution in [0.1, 0.15) is 28.4 Å². The van der Waals surface area contributed by atoms with E-state index in [1.165, 1.54) is 12.1 Å². The van der Waals surface area contributed by atoms with Crippen molar-refractivity contribution in [2.24, 2.45) is 0 Å². The maximum absolute atomic E-state index is 13.5. The first-order valence-corrected chi connectivity index (χ1v) is 10.3. The van der Waals surface area contributed by atoms with Gasteiger partial charge in [-0.2, -0.15) is 0 Å². The molecule has 1 N–H and O–H groups in total. The van der Waals surface area contributed by atoms with Crippen molar-refractivity contribution in [3.63, 3.8) is 0 Å². The lowest BCUT2D eigenvalue weighted by Gasteiger charge is -2.16. The molecular weight excluding hydrogens is 484 g/mol. The number of rotatable bonds is 7. The Kier molecular flexibility index (Phi) is 7.09. The molecule has 6 heteroatoms. The van der Waals surface area contributed by atoms with Crippen LogP contribution in [0.15, 0.2) is 60.7 Å². The van der Waals surface area contributed by atoms with Gasteiger partial charge in [-0.3, -0.25) is 4.79 Å². The smallest absolute Gasteiger partial charge is 0.255 e. The summed E-state index contributed by atoms with van der Waals surface area (Å²) in [7, 11) is 0. The van der Waals surface area contributed by atoms with Crippen LogP contribution in [0.3, 0.4) is 0 Å². The molecule has 3 aromatic rings. The average Bonchev–Trinajstić information content (AvgIpc) is 2.71. The Hall–Kier alpha value is -2.61. The first-order valence-electron chi connectivity index (χ1n) is 9.18. The minimum atomic E-state index is -0.403. The van der Waals surface area contributed by atoms with Crippen LogP contribution >= 0.6 is 22.6 Å². The number of halogens is 2. The van der Waals surface area contributed by atoms with E-state index >= 15 is 0 Å². The van der Waals surface area contributed by atoms with Crippen LogP contribution in [0.4, 0.5) is 10.1 Å². The van der Waals surface area contributed by atoms with Gasteiger partial charge in [0, 0.05) is 11.3 Å². The third-order valence-electron chi connectivity index (χ3n) is 4.25. The minimum Gasteiger partial charge on any atom is -0.490 e. The molecule has 0 bridgehead atoms. The molecule has 0 atom stereocenters. The van der Waals surface area contributed by atoms with Crippen LogP contribution in [-0.2, 0) is 6.61 Å². The van der Waals surface area contributed by atoms with Gasteiger partial charge in [-0.1, -0.05) is 36.4 Å². The standard InChI is InChI=1S/C23H21FINO3/c1-3-28-21-12-17(23(27)26-20-13-18(24)10-9-15(20)2)11-19(25)22(21)29-14-16-7-5-4-6-8-16/h4-13H,3,14H2,1-2H3,(H,26,27). The lowest BCUT2D eigenvalue weighted by Crippen LogP contribution is -2.14. The first-order chi connectivity index (χ1) is 14.0. The molecule has 3 rings (SSSR count). The van der Waals surface area contributed by atoms with Gasteiger partial charge in [0.05, 0.1) is 10.2 Å². The van der Waals surface area contributed by atoms with E-state index in [9.17, 15) is 9.18 Å². The summed E-state index contributed by atoms with van der Waals surface area (Å²) in [6.45, 7) is 4.51. The maximum atomic E-state index is 13.5. The van der Waals surface area contributed by atoms with E-state index in [4.69, 9.17) is 9.47 Å². The summed E-state index contributed by atoms with van der Waals surface area (Å²) in [6.07, 6.45) is 0. The Balaban J connectivity index is 1.84. The van der Waals surface area contributed by atoms with Crippen molar-refractivity contribution in [2.45, 2.75) is 20.5 Å². The number of carbonyl (C=O) groups excluding carboxylic acids is 1. The van der Waals surface area contributed by atoms with E-state index < -0.39 is 5.82 Å². The Morgan fingerprint density at radius 3 is 2.55 bits per heavy atom. The highest BCUT2D eigenvalue weighted by atomic mass is 127. The van der Waals surface area contributed by atoms with Crippen molar-refractivity contribution >= 4 is 34.2 Å². The van der Waals surface area contributed by atoms with Crippen LogP contribution in [0, 0.1) is 16.3 Å². The summed E-state index contributed by atoms with van der Waals surface area (Å²) in [5.74, 6) is 0.346. The van der Waals surface area contributed by atoms with Crippen LogP contribution in [0.25, 0.3) is 0 Å². The third kappa shape index (κ3) is 5.47. The molecule has 0 fully saturated rings. The predicted octanol–water partition coefficient (Wildman–Crippen LogP) is 5.97. The Bertz CT molecular complexity index is 1010. The molecule has 0 aliphatic carbocycles. The van der Waals surface area contributed by atoms with Crippen molar-refractivity contribution in [2.75, 3.05) is 11.9 Å². The fourth-order valence-corrected chi connectivity index (χ4v) is 3.51. The monoisotopic (exact) mass is 505 g/mol. The SMILES string of the molecule is CCOc1cc(C(=O)Nc2cc(F)ccc2C)cc(I)c1OCc1ccccc1. The summed E-state index contributed by atoms with van der Waals surface area (Å²) in [6, 6.07) is 17.5. The number of ether oxygens (including phenoxy) is 2. The number of amides is 1. The zero-order valence-electron chi connectivity index (χ0n) is 16.2. The van der Waals surface area contributed by atoms with E-state index in [-0.39, 0.29) is 5.91 Å². The number of hydrogen-bond donors (Lipinski definition) is 1. The molecule has 0 aliphatic rings. The second-order valence-corrected chi connectivity index (χ2v) is 7.57. The summed E-state index contributed by atoms with van der Waals surface area (Å²) in [5, 5.41) is 2.76. The van der Waals surface area contributed by atoms with Crippen LogP contribution < -0.4 is 14.8 Å². The van der Waals surface area contributed by atoms with Crippen LogP contribution in [-0.4, -0.2) is 12.5 Å². The van der Waals surface area contributed by atoms with Gasteiger partial charge in [-0.05, 0) is 71.8 Å². The Morgan fingerprint density at radius 1 is 1.07 bits per heavy atom. The van der Waals surface area contributed by atoms with Gasteiger partial charge in [-0.15, -0.1) is 0 Å². The molecule has 4 nitrogen and oxygen atoms in total. The Labute approximate surface area is 183 Å². The summed E-state index contributed by atoms with van der Waals surface area (Å²) >= 11 is 2.13. The molecule has 1 amide bonds. The number of carbonyl (C=O) groups is 1. The molecule has 0 spiro atoms. The molecule has 3 aromatic carbocycles. The number of anilines is 1. The maximum Gasteiger partial charge on any atom is 0.255 e. The molecule has 0 saturated carbocycles. The van der Waals surface area contributed by atoms with Gasteiger partial charge in [0.1, 0.15) is 12.4 Å². The molecule has 0 heterocycles. The average molecular weight is 505 g/mol. The second-order valence-electron chi connectivity index (χ2n) is 6.41. The van der Waals surface area contributed by atoms with Gasteiger partial charge in [0.15, 0.2) is 11.5 Å². The number of aryl methyl sites for hydroxylation is 1. The number of nitrogens with one attached hydrogen (secondary N) is 1. The van der Waals surface area contributed by atoms with Crippen molar-refractivity contribution in [3.8, 4) is 11.5 Å². The van der Waals surface area contributed by atoms with Gasteiger partial charge < -0.3 is 14.8 Å². The molecule has 150 valence electrons. The van der Waals surface area contributed by atoms with Gasteiger partial charge in [0.25, 0.3) is 5.91 Å². The quantitative estimate of drug-likeness (QED) is 0.403. The van der Waals surface area contributed by atoms with E-state index in [2.05, 4.69) is 27.9 Å². The summed E-state index contributed by atoms with van der Waals surface area (Å²) in [4.78, 5) is 12.7. The normalized spacial score (nSPS) is 10.5. The fraction of sp³-hybridized carbons (Fsp3) is 0.174. The highest BCUT2D eigenvalue weighted by Gasteiger charge is 2.17. The highest BCUT2D eigenvalue weighted by molar-refractivity contribution is 14.1. The van der Waals surface area contributed by atoms with Crippen molar-refractivity contribution in [1.82, 2.24) is 0 Å². The topological polar surface area (TPSA) is 47.6 Å². The van der Waals surface area contributed by atoms with Crippen molar-refractivity contribution in [1.29, 1.82) is 0 Å². The molecule has 29 heavy (non-hydrogen) atoms. The lowest BCUT2D eigenvalue weighted by atomic mass is 10.1. The molecule has 0 aliphatic heterocycles. The number of hydrogen-bond acceptors (Lipinski definition) is 3. The summed E-state index contributed by atoms with van der Waals surface area (Å²) in [5.41, 5.74) is 2.66. The molecule has 0 unspecified atom stereocenters. The zero-order valence-corrected chi connectivity index (χ0v) is 18.3. The van der Waals surface area contributed by atoms with Gasteiger partial charge >= 0.3 is 0 Å². The third-order valence-corrected chi connectivity index (χ3v) is 5.05. The van der Waals surface area contributed by atoms with Gasteiger partial charge in [0.2, 0.25) is 0 Å². The zero-order chi connectivity index (χ0) is 20.8. The molecular formula is C23H21FINO3. The molecule has 0 aromatic heterocycles. The second kappa shape index (κ2) is 9.73. The largest absolute Gasteiger partial charge is 0.490 e. The summed E-state index contributed by atoms with van der Waals surface area (Å²) < 4.78 is 26.0.